The predicted octanol–water partition coefficient (Wildman–Crippen LogP) is 0.522. The first kappa shape index (κ1) is 12.6. The Kier molecular flexibility index (Phi) is 4.73. The molecule has 0 aromatic heterocycles. The van der Waals surface area contributed by atoms with Crippen molar-refractivity contribution in [3.63, 3.8) is 0 Å². The molecule has 4 nitrogen and oxygen atoms in total. The zero-order chi connectivity index (χ0) is 11.3. The van der Waals surface area contributed by atoms with Crippen LogP contribution in [0.3, 0.4) is 0 Å². The van der Waals surface area contributed by atoms with Crippen LogP contribution in [-0.4, -0.2) is 38.3 Å². The van der Waals surface area contributed by atoms with Crippen molar-refractivity contribution in [1.29, 1.82) is 0 Å². The number of hydrogen-bond acceptors (Lipinski definition) is 4. The van der Waals surface area contributed by atoms with Gasteiger partial charge < -0.3 is 5.32 Å². The van der Waals surface area contributed by atoms with Crippen LogP contribution in [0, 0.1) is 0 Å². The van der Waals surface area contributed by atoms with Crippen LogP contribution in [0.5, 0.6) is 0 Å². The molecule has 0 saturated heterocycles. The second-order valence-electron chi connectivity index (χ2n) is 4.00. The lowest BCUT2D eigenvalue weighted by molar-refractivity contribution is -0.118. The molecule has 0 aromatic rings. The average molecular weight is 233 g/mol. The SMILES string of the molecule is CCS(=O)(=O)CCC(=O)CCNC1CC1. The Labute approximate surface area is 91.4 Å². The summed E-state index contributed by atoms with van der Waals surface area (Å²) in [5.41, 5.74) is 0. The summed E-state index contributed by atoms with van der Waals surface area (Å²) in [6.07, 6.45) is 3.04. The first-order valence-corrected chi connectivity index (χ1v) is 7.31. The summed E-state index contributed by atoms with van der Waals surface area (Å²) in [6, 6.07) is 0.608. The summed E-state index contributed by atoms with van der Waals surface area (Å²) in [6.45, 7) is 2.30. The molecular formula is C10H19NO3S. The highest BCUT2D eigenvalue weighted by atomic mass is 32.2. The Morgan fingerprint density at radius 2 is 2.00 bits per heavy atom. The first-order chi connectivity index (χ1) is 7.03. The molecule has 0 unspecified atom stereocenters. The molecule has 0 amide bonds. The predicted molar refractivity (Wildman–Crippen MR) is 59.6 cm³/mol. The molecular weight excluding hydrogens is 214 g/mol. The number of sulfone groups is 1. The molecule has 1 aliphatic rings. The lowest BCUT2D eigenvalue weighted by Crippen LogP contribution is -2.21. The van der Waals surface area contributed by atoms with Crippen molar-refractivity contribution in [1.82, 2.24) is 5.32 Å². The lowest BCUT2D eigenvalue weighted by atomic mass is 10.2. The van der Waals surface area contributed by atoms with E-state index in [0.29, 0.717) is 19.0 Å². The van der Waals surface area contributed by atoms with Crippen molar-refractivity contribution in [3.8, 4) is 0 Å². The minimum Gasteiger partial charge on any atom is -0.314 e. The number of nitrogens with one attached hydrogen (secondary N) is 1. The van der Waals surface area contributed by atoms with E-state index in [0.717, 1.165) is 0 Å². The number of hydrogen-bond donors (Lipinski definition) is 1. The molecule has 0 heterocycles. The summed E-state index contributed by atoms with van der Waals surface area (Å²) in [5.74, 6) is 0.173. The molecule has 1 fully saturated rings. The molecule has 0 radical (unpaired) electrons. The van der Waals surface area contributed by atoms with Gasteiger partial charge in [0.25, 0.3) is 0 Å². The van der Waals surface area contributed by atoms with Gasteiger partial charge in [-0.2, -0.15) is 0 Å². The Morgan fingerprint density at radius 1 is 1.33 bits per heavy atom. The molecule has 0 bridgehead atoms. The van der Waals surface area contributed by atoms with Gasteiger partial charge in [-0.1, -0.05) is 6.92 Å². The van der Waals surface area contributed by atoms with Gasteiger partial charge in [-0.15, -0.1) is 0 Å². The van der Waals surface area contributed by atoms with Crippen LogP contribution in [0.1, 0.15) is 32.6 Å². The van der Waals surface area contributed by atoms with E-state index in [1.165, 1.54) is 12.8 Å². The maximum atomic E-state index is 11.3. The van der Waals surface area contributed by atoms with Gasteiger partial charge >= 0.3 is 0 Å². The van der Waals surface area contributed by atoms with Crippen LogP contribution < -0.4 is 5.32 Å². The van der Waals surface area contributed by atoms with Crippen LogP contribution in [0.2, 0.25) is 0 Å². The van der Waals surface area contributed by atoms with Crippen molar-refractivity contribution in [2.24, 2.45) is 0 Å². The van der Waals surface area contributed by atoms with Crippen molar-refractivity contribution in [2.75, 3.05) is 18.1 Å². The van der Waals surface area contributed by atoms with E-state index in [1.54, 1.807) is 6.92 Å². The standard InChI is InChI=1S/C10H19NO3S/c1-2-15(13,14)8-6-10(12)5-7-11-9-3-4-9/h9,11H,2-8H2,1H3. The number of Topliss-reactive ketones (excluding diaryl/α,β-unsaturated/α-hetero) is 1. The van der Waals surface area contributed by atoms with Gasteiger partial charge in [-0.3, -0.25) is 4.79 Å². The number of ketones is 1. The molecule has 0 atom stereocenters. The Hall–Kier alpha value is -0.420. The van der Waals surface area contributed by atoms with Crippen LogP contribution in [0.25, 0.3) is 0 Å². The highest BCUT2D eigenvalue weighted by molar-refractivity contribution is 7.91. The van der Waals surface area contributed by atoms with Crippen LogP contribution in [0.15, 0.2) is 0 Å². The fraction of sp³-hybridized carbons (Fsp3) is 0.900. The summed E-state index contributed by atoms with van der Waals surface area (Å²) < 4.78 is 22.3. The van der Waals surface area contributed by atoms with Gasteiger partial charge in [0.1, 0.15) is 15.6 Å². The van der Waals surface area contributed by atoms with Crippen molar-refractivity contribution in [3.05, 3.63) is 0 Å². The molecule has 0 aromatic carbocycles. The molecule has 1 rings (SSSR count). The second-order valence-corrected chi connectivity index (χ2v) is 6.48. The van der Waals surface area contributed by atoms with E-state index >= 15 is 0 Å². The van der Waals surface area contributed by atoms with Gasteiger partial charge in [0, 0.05) is 31.2 Å². The van der Waals surface area contributed by atoms with Gasteiger partial charge in [-0.25, -0.2) is 8.42 Å². The highest BCUT2D eigenvalue weighted by Gasteiger charge is 2.20. The molecule has 5 heteroatoms. The van der Waals surface area contributed by atoms with E-state index in [4.69, 9.17) is 0 Å². The maximum absolute atomic E-state index is 11.3. The largest absolute Gasteiger partial charge is 0.314 e. The topological polar surface area (TPSA) is 63.2 Å². The Morgan fingerprint density at radius 3 is 2.53 bits per heavy atom. The Balaban J connectivity index is 2.07. The third kappa shape index (κ3) is 5.89. The van der Waals surface area contributed by atoms with Gasteiger partial charge in [-0.05, 0) is 12.8 Å². The number of carbonyl (C=O) groups is 1. The quantitative estimate of drug-likeness (QED) is 0.664. The fourth-order valence-electron chi connectivity index (χ4n) is 1.24. The molecule has 0 spiro atoms. The first-order valence-electron chi connectivity index (χ1n) is 5.49. The van der Waals surface area contributed by atoms with E-state index in [1.807, 2.05) is 0 Å². The Bertz CT molecular complexity index is 307. The minimum atomic E-state index is -2.98. The average Bonchev–Trinajstić information content (AvgIpc) is 2.99. The van der Waals surface area contributed by atoms with Crippen molar-refractivity contribution < 1.29 is 13.2 Å². The van der Waals surface area contributed by atoms with Crippen LogP contribution in [0.4, 0.5) is 0 Å². The molecule has 1 saturated carbocycles. The molecule has 1 N–H and O–H groups in total. The number of carbonyl (C=O) groups excluding carboxylic acids is 1. The summed E-state index contributed by atoms with van der Waals surface area (Å²) in [5, 5.41) is 3.23. The lowest BCUT2D eigenvalue weighted by Gasteiger charge is -2.02. The van der Waals surface area contributed by atoms with Crippen molar-refractivity contribution in [2.45, 2.75) is 38.6 Å². The summed E-state index contributed by atoms with van der Waals surface area (Å²) >= 11 is 0. The van der Waals surface area contributed by atoms with Gasteiger partial charge in [0.05, 0.1) is 5.75 Å². The molecule has 0 aliphatic heterocycles. The summed E-state index contributed by atoms with van der Waals surface area (Å²) in [4.78, 5) is 11.3. The third-order valence-corrected chi connectivity index (χ3v) is 4.25. The zero-order valence-corrected chi connectivity index (χ0v) is 9.98. The zero-order valence-electron chi connectivity index (χ0n) is 9.16. The van der Waals surface area contributed by atoms with E-state index < -0.39 is 9.84 Å². The highest BCUT2D eigenvalue weighted by Crippen LogP contribution is 2.18. The number of rotatable bonds is 8. The van der Waals surface area contributed by atoms with Gasteiger partial charge in [0.15, 0.2) is 0 Å². The fourth-order valence-corrected chi connectivity index (χ4v) is 2.07. The summed E-state index contributed by atoms with van der Waals surface area (Å²) in [7, 11) is -2.98. The third-order valence-electron chi connectivity index (χ3n) is 2.55. The second kappa shape index (κ2) is 5.61. The maximum Gasteiger partial charge on any atom is 0.150 e. The van der Waals surface area contributed by atoms with Crippen LogP contribution >= 0.6 is 0 Å². The minimum absolute atomic E-state index is 0.00572. The van der Waals surface area contributed by atoms with E-state index in [2.05, 4.69) is 5.32 Å². The molecule has 1 aliphatic carbocycles. The van der Waals surface area contributed by atoms with E-state index in [9.17, 15) is 13.2 Å². The molecule has 88 valence electrons. The van der Waals surface area contributed by atoms with E-state index in [-0.39, 0.29) is 23.7 Å². The monoisotopic (exact) mass is 233 g/mol. The van der Waals surface area contributed by atoms with Crippen molar-refractivity contribution >= 4 is 15.6 Å². The van der Waals surface area contributed by atoms with Gasteiger partial charge in [0.2, 0.25) is 0 Å². The smallest absolute Gasteiger partial charge is 0.150 e. The molecule has 15 heavy (non-hydrogen) atoms. The van der Waals surface area contributed by atoms with Crippen LogP contribution in [-0.2, 0) is 14.6 Å². The normalized spacial score (nSPS) is 16.6.